The monoisotopic (exact) mass is 431 g/mol. The number of esters is 1. The van der Waals surface area contributed by atoms with Crippen LogP contribution < -0.4 is 4.72 Å². The fourth-order valence-electron chi connectivity index (χ4n) is 2.84. The molecule has 9 heteroatoms. The van der Waals surface area contributed by atoms with Gasteiger partial charge >= 0.3 is 5.97 Å². The van der Waals surface area contributed by atoms with Gasteiger partial charge in [-0.1, -0.05) is 17.7 Å². The zero-order valence-corrected chi connectivity index (χ0v) is 17.3. The number of hydrogen-bond donors (Lipinski definition) is 1. The van der Waals surface area contributed by atoms with E-state index in [4.69, 9.17) is 16.3 Å². The summed E-state index contributed by atoms with van der Waals surface area (Å²) in [7, 11) is -3.79. The molecule has 0 saturated carbocycles. The first kappa shape index (κ1) is 20.9. The number of halogens is 1. The van der Waals surface area contributed by atoms with Gasteiger partial charge in [-0.05, 0) is 44.2 Å². The average Bonchev–Trinajstić information content (AvgIpc) is 3.02. The summed E-state index contributed by atoms with van der Waals surface area (Å²) in [5.74, 6) is -0.782. The van der Waals surface area contributed by atoms with E-state index >= 15 is 0 Å². The van der Waals surface area contributed by atoms with E-state index in [0.29, 0.717) is 16.6 Å². The van der Waals surface area contributed by atoms with Crippen molar-refractivity contribution in [2.75, 3.05) is 0 Å². The first-order valence-electron chi connectivity index (χ1n) is 8.70. The number of hydrogen-bond acceptors (Lipinski definition) is 5. The van der Waals surface area contributed by atoms with Crippen molar-refractivity contribution in [2.24, 2.45) is 0 Å². The number of nitrogens with one attached hydrogen (secondary N) is 1. The molecule has 2 heterocycles. The lowest BCUT2D eigenvalue weighted by Crippen LogP contribution is -2.30. The van der Waals surface area contributed by atoms with E-state index in [1.165, 1.54) is 18.2 Å². The molecule has 1 N–H and O–H groups in total. The fourth-order valence-corrected chi connectivity index (χ4v) is 4.31. The van der Waals surface area contributed by atoms with Crippen LogP contribution in [0.4, 0.5) is 0 Å². The number of aromatic nitrogens is 1. The molecule has 7 nitrogen and oxygen atoms in total. The Kier molecular flexibility index (Phi) is 5.94. The zero-order valence-electron chi connectivity index (χ0n) is 15.7. The van der Waals surface area contributed by atoms with Crippen molar-refractivity contribution < 1.29 is 17.9 Å². The van der Waals surface area contributed by atoms with E-state index < -0.39 is 16.0 Å². The van der Waals surface area contributed by atoms with Gasteiger partial charge in [0, 0.05) is 24.0 Å². The third-order valence-electron chi connectivity index (χ3n) is 4.09. The number of pyridine rings is 1. The molecule has 0 aliphatic heterocycles. The van der Waals surface area contributed by atoms with Crippen molar-refractivity contribution in [1.29, 1.82) is 5.26 Å². The molecule has 0 fully saturated rings. The van der Waals surface area contributed by atoms with E-state index in [2.05, 4.69) is 10.8 Å². The smallest absolute Gasteiger partial charge is 0.340 e. The molecule has 0 saturated heterocycles. The normalized spacial score (nSPS) is 11.6. The van der Waals surface area contributed by atoms with Crippen LogP contribution in [0.15, 0.2) is 53.7 Å². The van der Waals surface area contributed by atoms with Crippen molar-refractivity contribution in [3.8, 4) is 6.07 Å². The molecular formula is C20H18ClN3O4S. The van der Waals surface area contributed by atoms with Gasteiger partial charge in [-0.25, -0.2) is 17.9 Å². The standard InChI is InChI=1S/C20H18ClN3O4S/c1-13(2)23-29(26,27)15-6-7-18(21)16(9-15)20(25)28-12-14-11-24-8-4-3-5-19(24)17(14)10-22/h3-9,11,13,23H,12H2,1-2H3. The highest BCUT2D eigenvalue weighted by Gasteiger charge is 2.21. The molecule has 0 spiro atoms. The summed E-state index contributed by atoms with van der Waals surface area (Å²) in [6, 6.07) is 11.1. The number of fused-ring (bicyclic) bond motifs is 1. The van der Waals surface area contributed by atoms with Crippen LogP contribution in [0, 0.1) is 11.3 Å². The van der Waals surface area contributed by atoms with Crippen LogP contribution in [-0.4, -0.2) is 24.8 Å². The van der Waals surface area contributed by atoms with Gasteiger partial charge in [0.15, 0.2) is 0 Å². The number of sulfonamides is 1. The second-order valence-corrected chi connectivity index (χ2v) is 8.75. The molecule has 0 aliphatic carbocycles. The predicted octanol–water partition coefficient (Wildman–Crippen LogP) is 3.51. The van der Waals surface area contributed by atoms with Gasteiger partial charge in [0.05, 0.1) is 26.6 Å². The average molecular weight is 432 g/mol. The molecule has 1 aromatic carbocycles. The van der Waals surface area contributed by atoms with Crippen LogP contribution in [0.2, 0.25) is 5.02 Å². The van der Waals surface area contributed by atoms with E-state index in [1.807, 2.05) is 12.1 Å². The van der Waals surface area contributed by atoms with E-state index in [1.54, 1.807) is 36.7 Å². The molecular weight excluding hydrogens is 414 g/mol. The summed E-state index contributed by atoms with van der Waals surface area (Å²) in [6.07, 6.45) is 3.49. The van der Waals surface area contributed by atoms with Gasteiger partial charge in [-0.3, -0.25) is 0 Å². The van der Waals surface area contributed by atoms with Crippen LogP contribution in [-0.2, 0) is 21.4 Å². The Labute approximate surface area is 173 Å². The van der Waals surface area contributed by atoms with Gasteiger partial charge in [0.25, 0.3) is 0 Å². The van der Waals surface area contributed by atoms with Gasteiger partial charge in [0.1, 0.15) is 12.7 Å². The Morgan fingerprint density at radius 1 is 1.31 bits per heavy atom. The third-order valence-corrected chi connectivity index (χ3v) is 6.08. The molecule has 3 aromatic rings. The van der Waals surface area contributed by atoms with Crippen LogP contribution >= 0.6 is 11.6 Å². The largest absolute Gasteiger partial charge is 0.457 e. The Balaban J connectivity index is 1.85. The summed E-state index contributed by atoms with van der Waals surface area (Å²) in [6.45, 7) is 3.23. The lowest BCUT2D eigenvalue weighted by molar-refractivity contribution is 0.0472. The van der Waals surface area contributed by atoms with Crippen molar-refractivity contribution in [2.45, 2.75) is 31.4 Å². The summed E-state index contributed by atoms with van der Waals surface area (Å²) in [5, 5.41) is 9.50. The van der Waals surface area contributed by atoms with Crippen molar-refractivity contribution in [3.05, 3.63) is 70.5 Å². The minimum atomic E-state index is -3.79. The quantitative estimate of drug-likeness (QED) is 0.602. The highest BCUT2D eigenvalue weighted by atomic mass is 35.5. The molecule has 0 atom stereocenters. The fraction of sp³-hybridized carbons (Fsp3) is 0.200. The molecule has 0 unspecified atom stereocenters. The molecule has 3 rings (SSSR count). The number of benzene rings is 1. The van der Waals surface area contributed by atoms with E-state index in [-0.39, 0.29) is 28.1 Å². The Hall–Kier alpha value is -2.86. The maximum Gasteiger partial charge on any atom is 0.340 e. The second-order valence-electron chi connectivity index (χ2n) is 6.63. The van der Waals surface area contributed by atoms with Crippen molar-refractivity contribution in [3.63, 3.8) is 0 Å². The van der Waals surface area contributed by atoms with E-state index in [9.17, 15) is 18.5 Å². The van der Waals surface area contributed by atoms with Crippen molar-refractivity contribution in [1.82, 2.24) is 9.12 Å². The first-order chi connectivity index (χ1) is 13.7. The molecule has 0 radical (unpaired) electrons. The topological polar surface area (TPSA) is 101 Å². The molecule has 0 aliphatic rings. The highest BCUT2D eigenvalue weighted by molar-refractivity contribution is 7.89. The third kappa shape index (κ3) is 4.43. The van der Waals surface area contributed by atoms with Crippen LogP contribution in [0.1, 0.15) is 35.3 Å². The van der Waals surface area contributed by atoms with Crippen LogP contribution in [0.3, 0.4) is 0 Å². The number of ether oxygens (including phenoxy) is 1. The molecule has 0 bridgehead atoms. The van der Waals surface area contributed by atoms with Gasteiger partial charge in [-0.15, -0.1) is 0 Å². The van der Waals surface area contributed by atoms with Gasteiger partial charge in [-0.2, -0.15) is 5.26 Å². The van der Waals surface area contributed by atoms with Gasteiger partial charge in [0.2, 0.25) is 10.0 Å². The van der Waals surface area contributed by atoms with Crippen molar-refractivity contribution >= 4 is 33.1 Å². The number of nitriles is 1. The highest BCUT2D eigenvalue weighted by Crippen LogP contribution is 2.23. The Morgan fingerprint density at radius 3 is 2.76 bits per heavy atom. The maximum absolute atomic E-state index is 12.5. The van der Waals surface area contributed by atoms with E-state index in [0.717, 1.165) is 0 Å². The second kappa shape index (κ2) is 8.25. The SMILES string of the molecule is CC(C)NS(=O)(=O)c1ccc(Cl)c(C(=O)OCc2cn3ccccc3c2C#N)c1. The summed E-state index contributed by atoms with van der Waals surface area (Å²) in [5.41, 5.74) is 1.57. The maximum atomic E-state index is 12.5. The number of nitrogens with zero attached hydrogens (tertiary/aromatic N) is 2. The Morgan fingerprint density at radius 2 is 2.07 bits per heavy atom. The number of carbonyl (C=O) groups is 1. The number of rotatable bonds is 6. The lowest BCUT2D eigenvalue weighted by Gasteiger charge is -2.11. The molecule has 2 aromatic heterocycles. The molecule has 150 valence electrons. The summed E-state index contributed by atoms with van der Waals surface area (Å²) >= 11 is 6.08. The minimum Gasteiger partial charge on any atom is -0.457 e. The molecule has 29 heavy (non-hydrogen) atoms. The Bertz CT molecular complexity index is 1230. The van der Waals surface area contributed by atoms with Crippen LogP contribution in [0.5, 0.6) is 0 Å². The first-order valence-corrected chi connectivity index (χ1v) is 10.6. The van der Waals surface area contributed by atoms with Gasteiger partial charge < -0.3 is 9.14 Å². The summed E-state index contributed by atoms with van der Waals surface area (Å²) < 4.78 is 34.2. The molecule has 0 amide bonds. The number of carbonyl (C=O) groups excluding carboxylic acids is 1. The van der Waals surface area contributed by atoms with Crippen LogP contribution in [0.25, 0.3) is 5.52 Å². The minimum absolute atomic E-state index is 0.0689. The predicted molar refractivity (Wildman–Crippen MR) is 108 cm³/mol. The summed E-state index contributed by atoms with van der Waals surface area (Å²) in [4.78, 5) is 12.5. The zero-order chi connectivity index (χ0) is 21.2. The lowest BCUT2D eigenvalue weighted by atomic mass is 10.2.